The normalized spacial score (nSPS) is 16.7. The lowest BCUT2D eigenvalue weighted by molar-refractivity contribution is 0.428. The Balaban J connectivity index is 2.40. The highest BCUT2D eigenvalue weighted by atomic mass is 32.2. The van der Waals surface area contributed by atoms with Crippen LogP contribution in [0, 0.1) is 11.3 Å². The molecule has 0 spiro atoms. The van der Waals surface area contributed by atoms with Gasteiger partial charge in [0.25, 0.3) is 0 Å². The molecule has 1 aromatic rings. The van der Waals surface area contributed by atoms with Crippen LogP contribution in [0.1, 0.15) is 18.9 Å². The van der Waals surface area contributed by atoms with Crippen molar-refractivity contribution in [3.63, 3.8) is 0 Å². The Hall–Kier alpha value is -1.84. The molecule has 2 N–H and O–H groups in total. The van der Waals surface area contributed by atoms with Crippen molar-refractivity contribution in [3.8, 4) is 6.07 Å². The molecule has 6 heteroatoms. The Labute approximate surface area is 113 Å². The van der Waals surface area contributed by atoms with Gasteiger partial charge in [-0.1, -0.05) is 11.6 Å². The molecule has 1 aliphatic heterocycles. The number of nitriles is 1. The van der Waals surface area contributed by atoms with Gasteiger partial charge >= 0.3 is 0 Å². The first kappa shape index (κ1) is 13.6. The van der Waals surface area contributed by atoms with Gasteiger partial charge in [-0.25, -0.2) is 8.42 Å². The third-order valence-corrected chi connectivity index (χ3v) is 4.97. The average Bonchev–Trinajstić information content (AvgIpc) is 2.38. The highest BCUT2D eigenvalue weighted by molar-refractivity contribution is 7.89. The van der Waals surface area contributed by atoms with Crippen LogP contribution in [0.4, 0.5) is 5.69 Å². The van der Waals surface area contributed by atoms with Crippen molar-refractivity contribution in [1.29, 1.82) is 5.26 Å². The lowest BCUT2D eigenvalue weighted by atomic mass is 10.2. The van der Waals surface area contributed by atoms with Crippen molar-refractivity contribution in [1.82, 2.24) is 4.31 Å². The molecule has 0 aliphatic carbocycles. The summed E-state index contributed by atoms with van der Waals surface area (Å²) in [5.41, 5.74) is 7.25. The molecule has 0 aromatic heterocycles. The molecule has 0 fully saturated rings. The summed E-state index contributed by atoms with van der Waals surface area (Å²) in [6.07, 6.45) is 2.75. The van der Waals surface area contributed by atoms with E-state index in [0.29, 0.717) is 25.1 Å². The summed E-state index contributed by atoms with van der Waals surface area (Å²) < 4.78 is 26.4. The van der Waals surface area contributed by atoms with Crippen LogP contribution in [0.3, 0.4) is 0 Å². The molecule has 2 rings (SSSR count). The van der Waals surface area contributed by atoms with Gasteiger partial charge < -0.3 is 5.73 Å². The summed E-state index contributed by atoms with van der Waals surface area (Å²) in [5, 5.41) is 8.77. The van der Waals surface area contributed by atoms with Crippen molar-refractivity contribution in [2.75, 3.05) is 18.8 Å². The quantitative estimate of drug-likeness (QED) is 0.655. The first-order chi connectivity index (χ1) is 8.95. The van der Waals surface area contributed by atoms with Crippen molar-refractivity contribution in [2.24, 2.45) is 0 Å². The highest BCUT2D eigenvalue weighted by Crippen LogP contribution is 2.25. The van der Waals surface area contributed by atoms with Gasteiger partial charge in [0.05, 0.1) is 17.3 Å². The van der Waals surface area contributed by atoms with Crippen LogP contribution >= 0.6 is 0 Å². The van der Waals surface area contributed by atoms with Gasteiger partial charge in [-0.05, 0) is 31.5 Å². The molecular weight excluding hydrogens is 262 g/mol. The first-order valence-electron chi connectivity index (χ1n) is 5.90. The molecule has 5 nitrogen and oxygen atoms in total. The van der Waals surface area contributed by atoms with E-state index in [0.717, 1.165) is 5.57 Å². The maximum Gasteiger partial charge on any atom is 0.245 e. The third kappa shape index (κ3) is 2.62. The van der Waals surface area contributed by atoms with Crippen molar-refractivity contribution in [3.05, 3.63) is 35.4 Å². The molecule has 1 heterocycles. The maximum absolute atomic E-state index is 12.5. The molecule has 0 radical (unpaired) electrons. The maximum atomic E-state index is 12.5. The second-order valence-electron chi connectivity index (χ2n) is 4.54. The Morgan fingerprint density at radius 3 is 2.74 bits per heavy atom. The van der Waals surface area contributed by atoms with Gasteiger partial charge in [0, 0.05) is 13.1 Å². The summed E-state index contributed by atoms with van der Waals surface area (Å²) in [7, 11) is -3.59. The third-order valence-electron chi connectivity index (χ3n) is 3.05. The topological polar surface area (TPSA) is 87.2 Å². The zero-order valence-electron chi connectivity index (χ0n) is 10.6. The summed E-state index contributed by atoms with van der Waals surface area (Å²) >= 11 is 0. The minimum absolute atomic E-state index is 0.0706. The molecule has 0 bridgehead atoms. The van der Waals surface area contributed by atoms with E-state index in [1.807, 2.05) is 19.1 Å². The number of rotatable bonds is 2. The molecule has 0 amide bonds. The Morgan fingerprint density at radius 2 is 2.16 bits per heavy atom. The number of sulfonamides is 1. The number of nitrogens with two attached hydrogens (primary N) is 1. The number of hydrogen-bond donors (Lipinski definition) is 1. The van der Waals surface area contributed by atoms with Gasteiger partial charge in [-0.2, -0.15) is 9.57 Å². The Morgan fingerprint density at radius 1 is 1.42 bits per heavy atom. The molecule has 0 saturated heterocycles. The van der Waals surface area contributed by atoms with Gasteiger partial charge in [0.15, 0.2) is 0 Å². The van der Waals surface area contributed by atoms with Gasteiger partial charge in [-0.3, -0.25) is 0 Å². The fourth-order valence-corrected chi connectivity index (χ4v) is 3.67. The van der Waals surface area contributed by atoms with Crippen molar-refractivity contribution < 1.29 is 8.42 Å². The molecule has 0 saturated carbocycles. The molecule has 1 aromatic carbocycles. The lowest BCUT2D eigenvalue weighted by Gasteiger charge is -2.26. The van der Waals surface area contributed by atoms with E-state index < -0.39 is 10.0 Å². The van der Waals surface area contributed by atoms with Crippen LogP contribution in [-0.4, -0.2) is 25.8 Å². The number of nitrogens with zero attached hydrogens (tertiary/aromatic N) is 2. The molecule has 1 aliphatic rings. The predicted octanol–water partition coefficient (Wildman–Crippen LogP) is 1.48. The minimum atomic E-state index is -3.59. The van der Waals surface area contributed by atoms with Crippen LogP contribution in [0.5, 0.6) is 0 Å². The molecular formula is C13H15N3O2S. The fourth-order valence-electron chi connectivity index (χ4n) is 2.07. The van der Waals surface area contributed by atoms with Crippen LogP contribution in [0.2, 0.25) is 0 Å². The largest absolute Gasteiger partial charge is 0.398 e. The number of anilines is 1. The molecule has 0 atom stereocenters. The Bertz CT molecular complexity index is 672. The van der Waals surface area contributed by atoms with Gasteiger partial charge in [0.1, 0.15) is 4.90 Å². The van der Waals surface area contributed by atoms with E-state index in [1.54, 1.807) is 0 Å². The second-order valence-corrected chi connectivity index (χ2v) is 6.45. The van der Waals surface area contributed by atoms with Crippen LogP contribution in [0.25, 0.3) is 0 Å². The van der Waals surface area contributed by atoms with E-state index in [2.05, 4.69) is 0 Å². The van der Waals surface area contributed by atoms with Crippen molar-refractivity contribution >= 4 is 15.7 Å². The van der Waals surface area contributed by atoms with Crippen molar-refractivity contribution in [2.45, 2.75) is 18.2 Å². The van der Waals surface area contributed by atoms with E-state index in [4.69, 9.17) is 11.0 Å². The van der Waals surface area contributed by atoms with E-state index in [-0.39, 0.29) is 10.6 Å². The van der Waals surface area contributed by atoms with Gasteiger partial charge in [-0.15, -0.1) is 0 Å². The number of nitrogen functional groups attached to an aromatic ring is 1. The van der Waals surface area contributed by atoms with Crippen LogP contribution in [0.15, 0.2) is 34.7 Å². The number of hydrogen-bond acceptors (Lipinski definition) is 4. The molecule has 0 unspecified atom stereocenters. The summed E-state index contributed by atoms with van der Waals surface area (Å²) in [5.74, 6) is 0. The van der Waals surface area contributed by atoms with E-state index >= 15 is 0 Å². The second kappa shape index (κ2) is 5.03. The van der Waals surface area contributed by atoms with Crippen LogP contribution < -0.4 is 5.73 Å². The minimum Gasteiger partial charge on any atom is -0.398 e. The summed E-state index contributed by atoms with van der Waals surface area (Å²) in [6.45, 7) is 2.75. The molecule has 19 heavy (non-hydrogen) atoms. The molecule has 100 valence electrons. The lowest BCUT2D eigenvalue weighted by Crippen LogP contribution is -2.35. The van der Waals surface area contributed by atoms with Crippen LogP contribution in [-0.2, 0) is 10.0 Å². The number of benzene rings is 1. The summed E-state index contributed by atoms with van der Waals surface area (Å²) in [6, 6.07) is 6.19. The van der Waals surface area contributed by atoms with E-state index in [9.17, 15) is 8.42 Å². The fraction of sp³-hybridized carbons (Fsp3) is 0.308. The average molecular weight is 277 g/mol. The standard InChI is InChI=1S/C13H15N3O2S/c1-10-3-2-6-16(9-10)19(17,18)13-5-4-11(8-14)7-12(13)15/h3-5,7H,2,6,9,15H2,1H3. The SMILES string of the molecule is CC1=CCCN(S(=O)(=O)c2ccc(C#N)cc2N)C1. The summed E-state index contributed by atoms with van der Waals surface area (Å²) in [4.78, 5) is 0.0706. The highest BCUT2D eigenvalue weighted by Gasteiger charge is 2.27. The van der Waals surface area contributed by atoms with E-state index in [1.165, 1.54) is 22.5 Å². The monoisotopic (exact) mass is 277 g/mol. The zero-order valence-corrected chi connectivity index (χ0v) is 11.4. The first-order valence-corrected chi connectivity index (χ1v) is 7.34. The smallest absolute Gasteiger partial charge is 0.245 e. The zero-order chi connectivity index (χ0) is 14.0. The predicted molar refractivity (Wildman–Crippen MR) is 72.7 cm³/mol. The van der Waals surface area contributed by atoms with Gasteiger partial charge in [0.2, 0.25) is 10.0 Å². The Kier molecular flexibility index (Phi) is 3.60.